The molecule has 1 aliphatic rings. The summed E-state index contributed by atoms with van der Waals surface area (Å²) in [4.78, 5) is 9.85. The van der Waals surface area contributed by atoms with Gasteiger partial charge in [-0.05, 0) is 19.1 Å². The number of halogens is 3. The monoisotopic (exact) mass is 369 g/mol. The predicted octanol–water partition coefficient (Wildman–Crippen LogP) is 3.69. The minimum atomic E-state index is -2.59. The van der Waals surface area contributed by atoms with Gasteiger partial charge in [-0.2, -0.15) is 0 Å². The van der Waals surface area contributed by atoms with E-state index in [1.54, 1.807) is 31.3 Å². The molecule has 0 fully saturated rings. The van der Waals surface area contributed by atoms with Crippen molar-refractivity contribution in [3.05, 3.63) is 40.8 Å². The van der Waals surface area contributed by atoms with E-state index in [1.807, 2.05) is 6.07 Å². The number of anilines is 1. The highest BCUT2D eigenvalue weighted by Crippen LogP contribution is 2.46. The number of nitrogens with zero attached hydrogens (tertiary/aromatic N) is 3. The van der Waals surface area contributed by atoms with Gasteiger partial charge in [0.25, 0.3) is 0 Å². The minimum Gasteiger partial charge on any atom is -0.497 e. The van der Waals surface area contributed by atoms with Crippen molar-refractivity contribution >= 4 is 17.4 Å². The number of hydrogen-bond acceptors (Lipinski definition) is 5. The molecule has 3 rings (SSSR count). The smallest absolute Gasteiger partial charge is 0.249 e. The molecular weight excluding hydrogens is 352 g/mol. The number of methoxy groups -OCH3 is 2. The van der Waals surface area contributed by atoms with Gasteiger partial charge in [0.2, 0.25) is 6.43 Å². The highest BCUT2D eigenvalue weighted by Gasteiger charge is 2.48. The fourth-order valence-electron chi connectivity index (χ4n) is 3.13. The second-order valence-electron chi connectivity index (χ2n) is 6.12. The van der Waals surface area contributed by atoms with Crippen molar-refractivity contribution in [2.45, 2.75) is 25.3 Å². The Bertz CT molecular complexity index is 790. The molecule has 8 heteroatoms. The summed E-state index contributed by atoms with van der Waals surface area (Å²) in [5.74, 6) is 1.71. The summed E-state index contributed by atoms with van der Waals surface area (Å²) in [6, 6.07) is 5.40. The Kier molecular flexibility index (Phi) is 4.69. The summed E-state index contributed by atoms with van der Waals surface area (Å²) in [5.41, 5.74) is -0.297. The Morgan fingerprint density at radius 3 is 2.68 bits per heavy atom. The number of benzene rings is 1. The van der Waals surface area contributed by atoms with Gasteiger partial charge >= 0.3 is 0 Å². The zero-order valence-electron chi connectivity index (χ0n) is 14.1. The van der Waals surface area contributed by atoms with E-state index in [1.165, 1.54) is 13.3 Å². The van der Waals surface area contributed by atoms with Crippen LogP contribution in [0.25, 0.3) is 0 Å². The van der Waals surface area contributed by atoms with E-state index < -0.39 is 11.8 Å². The van der Waals surface area contributed by atoms with Gasteiger partial charge in [0.15, 0.2) is 0 Å². The summed E-state index contributed by atoms with van der Waals surface area (Å²) in [6.07, 6.45) is -1.30. The number of ether oxygens (including phenoxy) is 2. The molecule has 5 nitrogen and oxygen atoms in total. The molecule has 0 spiro atoms. The normalized spacial score (nSPS) is 19.2. The third-order valence-corrected chi connectivity index (χ3v) is 4.79. The molecule has 1 unspecified atom stereocenters. The molecule has 1 aromatic heterocycles. The number of fused-ring (bicyclic) bond motifs is 1. The van der Waals surface area contributed by atoms with E-state index in [0.717, 1.165) is 5.56 Å². The van der Waals surface area contributed by atoms with Gasteiger partial charge in [0.05, 0.1) is 19.6 Å². The number of alkyl halides is 2. The second kappa shape index (κ2) is 6.63. The molecule has 2 aromatic rings. The largest absolute Gasteiger partial charge is 0.497 e. The molecule has 1 atom stereocenters. The molecule has 0 saturated carbocycles. The summed E-state index contributed by atoms with van der Waals surface area (Å²) in [6.45, 7) is 1.93. The van der Waals surface area contributed by atoms with Gasteiger partial charge in [0, 0.05) is 30.3 Å². The van der Waals surface area contributed by atoms with Crippen molar-refractivity contribution in [3.8, 4) is 11.5 Å². The molecule has 1 aliphatic heterocycles. The minimum absolute atomic E-state index is 0.0667. The van der Waals surface area contributed by atoms with Crippen LogP contribution >= 0.6 is 11.6 Å². The highest BCUT2D eigenvalue weighted by atomic mass is 35.5. The summed E-state index contributed by atoms with van der Waals surface area (Å²) >= 11 is 6.11. The van der Waals surface area contributed by atoms with Crippen molar-refractivity contribution in [2.24, 2.45) is 0 Å². The average molecular weight is 370 g/mol. The average Bonchev–Trinajstić information content (AvgIpc) is 2.90. The summed E-state index contributed by atoms with van der Waals surface area (Å²) < 4.78 is 38.1. The Hall–Kier alpha value is -2.15. The molecule has 134 valence electrons. The number of rotatable bonds is 5. The zero-order valence-corrected chi connectivity index (χ0v) is 14.8. The lowest BCUT2D eigenvalue weighted by Crippen LogP contribution is -2.37. The lowest BCUT2D eigenvalue weighted by molar-refractivity contribution is 0.0673. The van der Waals surface area contributed by atoms with Crippen LogP contribution in [0.3, 0.4) is 0 Å². The fourth-order valence-corrected chi connectivity index (χ4v) is 3.48. The van der Waals surface area contributed by atoms with Crippen LogP contribution in [0.2, 0.25) is 5.15 Å². The van der Waals surface area contributed by atoms with Crippen LogP contribution in [-0.2, 0) is 12.0 Å². The van der Waals surface area contributed by atoms with Gasteiger partial charge < -0.3 is 14.4 Å². The first-order valence-corrected chi connectivity index (χ1v) is 8.03. The summed E-state index contributed by atoms with van der Waals surface area (Å²) in [5, 5.41) is 0.0667. The van der Waals surface area contributed by atoms with Crippen LogP contribution in [0.4, 0.5) is 14.6 Å². The third-order valence-electron chi connectivity index (χ3n) is 4.51. The van der Waals surface area contributed by atoms with E-state index >= 15 is 0 Å². The van der Waals surface area contributed by atoms with Crippen LogP contribution < -0.4 is 14.4 Å². The van der Waals surface area contributed by atoms with Crippen molar-refractivity contribution in [3.63, 3.8) is 0 Å². The van der Waals surface area contributed by atoms with Gasteiger partial charge in [-0.25, -0.2) is 18.7 Å². The van der Waals surface area contributed by atoms with E-state index in [4.69, 9.17) is 21.1 Å². The lowest BCUT2D eigenvalue weighted by atomic mass is 9.86. The third kappa shape index (κ3) is 2.97. The molecule has 1 aromatic carbocycles. The SMILES string of the molecule is COc1ccc(CN2CC(C)(C(F)F)c3c(Cl)ncnc32)c(OC)c1. The Morgan fingerprint density at radius 2 is 2.04 bits per heavy atom. The number of hydrogen-bond donors (Lipinski definition) is 0. The number of aromatic nitrogens is 2. The first-order chi connectivity index (χ1) is 11.9. The predicted molar refractivity (Wildman–Crippen MR) is 91.0 cm³/mol. The molecular formula is C17H18ClF2N3O2. The summed E-state index contributed by atoms with van der Waals surface area (Å²) in [7, 11) is 3.12. The van der Waals surface area contributed by atoms with Crippen molar-refractivity contribution < 1.29 is 18.3 Å². The van der Waals surface area contributed by atoms with Gasteiger partial charge in [-0.1, -0.05) is 11.6 Å². The fraction of sp³-hybridized carbons (Fsp3) is 0.412. The van der Waals surface area contributed by atoms with E-state index in [0.29, 0.717) is 29.4 Å². The Balaban J connectivity index is 1.99. The molecule has 0 amide bonds. The topological polar surface area (TPSA) is 47.5 Å². The van der Waals surface area contributed by atoms with Crippen molar-refractivity contribution in [1.29, 1.82) is 0 Å². The molecule has 0 bridgehead atoms. The maximum atomic E-state index is 13.8. The van der Waals surface area contributed by atoms with Crippen molar-refractivity contribution in [2.75, 3.05) is 25.7 Å². The van der Waals surface area contributed by atoms with Crippen LogP contribution in [0.5, 0.6) is 11.5 Å². The van der Waals surface area contributed by atoms with Crippen LogP contribution in [-0.4, -0.2) is 37.2 Å². The molecule has 0 aliphatic carbocycles. The first-order valence-electron chi connectivity index (χ1n) is 7.65. The van der Waals surface area contributed by atoms with Gasteiger partial charge in [0.1, 0.15) is 28.8 Å². The molecule has 0 N–H and O–H groups in total. The maximum absolute atomic E-state index is 13.8. The van der Waals surface area contributed by atoms with Crippen molar-refractivity contribution in [1.82, 2.24) is 9.97 Å². The van der Waals surface area contributed by atoms with Crippen LogP contribution in [0.15, 0.2) is 24.5 Å². The Morgan fingerprint density at radius 1 is 1.28 bits per heavy atom. The van der Waals surface area contributed by atoms with E-state index in [9.17, 15) is 8.78 Å². The van der Waals surface area contributed by atoms with Gasteiger partial charge in [-0.3, -0.25) is 0 Å². The maximum Gasteiger partial charge on any atom is 0.249 e. The highest BCUT2D eigenvalue weighted by molar-refractivity contribution is 6.30. The van der Waals surface area contributed by atoms with E-state index in [2.05, 4.69) is 9.97 Å². The quantitative estimate of drug-likeness (QED) is 0.752. The van der Waals surface area contributed by atoms with Crippen LogP contribution in [0.1, 0.15) is 18.1 Å². The lowest BCUT2D eigenvalue weighted by Gasteiger charge is -2.25. The standard InChI is InChI=1S/C17H18ClF2N3O2/c1-17(16(19)20)8-23(15-13(17)14(18)21-9-22-15)7-10-4-5-11(24-2)6-12(10)25-3/h4-6,9,16H,7-8H2,1-3H3. The van der Waals surface area contributed by atoms with E-state index in [-0.39, 0.29) is 11.7 Å². The first kappa shape index (κ1) is 17.7. The molecule has 0 saturated heterocycles. The second-order valence-corrected chi connectivity index (χ2v) is 6.47. The molecule has 2 heterocycles. The van der Waals surface area contributed by atoms with Gasteiger partial charge in [-0.15, -0.1) is 0 Å². The van der Waals surface area contributed by atoms with Crippen LogP contribution in [0, 0.1) is 0 Å². The molecule has 25 heavy (non-hydrogen) atoms. The molecule has 0 radical (unpaired) electrons. The Labute approximate surface area is 149 Å². The zero-order chi connectivity index (χ0) is 18.2.